The van der Waals surface area contributed by atoms with E-state index in [0.29, 0.717) is 16.0 Å². The van der Waals surface area contributed by atoms with Crippen LogP contribution in [0.4, 0.5) is 0 Å². The van der Waals surface area contributed by atoms with Gasteiger partial charge in [-0.1, -0.05) is 32.9 Å². The Labute approximate surface area is 132 Å². The smallest absolute Gasteiger partial charge is 0.271 e. The Hall–Kier alpha value is -1.88. The van der Waals surface area contributed by atoms with Crippen molar-refractivity contribution in [2.24, 2.45) is 5.10 Å². The van der Waals surface area contributed by atoms with Crippen LogP contribution in [0.2, 0.25) is 0 Å². The quantitative estimate of drug-likeness (QED) is 0.670. The third kappa shape index (κ3) is 4.29. The monoisotopic (exact) mass is 348 g/mol. The lowest BCUT2D eigenvalue weighted by Crippen LogP contribution is -2.18. The van der Waals surface area contributed by atoms with Gasteiger partial charge in [-0.25, -0.2) is 5.43 Å². The molecule has 4 nitrogen and oxygen atoms in total. The Morgan fingerprint density at radius 2 is 1.86 bits per heavy atom. The molecule has 0 aliphatic rings. The third-order valence-corrected chi connectivity index (χ3v) is 3.39. The number of amides is 1. The summed E-state index contributed by atoms with van der Waals surface area (Å²) in [4.78, 5) is 11.9. The number of rotatable bonds is 3. The molecule has 0 saturated carbocycles. The van der Waals surface area contributed by atoms with Crippen LogP contribution in [0.25, 0.3) is 0 Å². The van der Waals surface area contributed by atoms with Gasteiger partial charge in [-0.15, -0.1) is 0 Å². The Morgan fingerprint density at radius 3 is 2.38 bits per heavy atom. The zero-order valence-corrected chi connectivity index (χ0v) is 13.8. The van der Waals surface area contributed by atoms with E-state index in [1.165, 1.54) is 11.8 Å². The fourth-order valence-electron chi connectivity index (χ4n) is 1.74. The maximum atomic E-state index is 11.9. The van der Waals surface area contributed by atoms with Crippen LogP contribution in [0, 0.1) is 0 Å². The van der Waals surface area contributed by atoms with Crippen LogP contribution in [0.5, 0.6) is 0 Å². The van der Waals surface area contributed by atoms with Gasteiger partial charge in [0, 0.05) is 5.56 Å². The molecule has 0 aliphatic heterocycles. The van der Waals surface area contributed by atoms with Gasteiger partial charge < -0.3 is 4.42 Å². The average Bonchev–Trinajstić information content (AvgIpc) is 2.83. The van der Waals surface area contributed by atoms with Crippen LogP contribution in [0.1, 0.15) is 42.5 Å². The summed E-state index contributed by atoms with van der Waals surface area (Å²) in [6.07, 6.45) is 1.45. The van der Waals surface area contributed by atoms with E-state index in [0.717, 1.165) is 0 Å². The van der Waals surface area contributed by atoms with Crippen molar-refractivity contribution < 1.29 is 9.21 Å². The van der Waals surface area contributed by atoms with Crippen LogP contribution >= 0.6 is 15.9 Å². The summed E-state index contributed by atoms with van der Waals surface area (Å²) in [5.41, 5.74) is 4.29. The largest absolute Gasteiger partial charge is 0.448 e. The summed E-state index contributed by atoms with van der Waals surface area (Å²) in [5, 5.41) is 3.86. The molecule has 0 atom stereocenters. The van der Waals surface area contributed by atoms with Crippen LogP contribution in [0.3, 0.4) is 0 Å². The first-order chi connectivity index (χ1) is 9.86. The van der Waals surface area contributed by atoms with E-state index in [9.17, 15) is 4.79 Å². The maximum absolute atomic E-state index is 11.9. The molecule has 1 N–H and O–H groups in total. The minimum absolute atomic E-state index is 0.0693. The molecule has 1 amide bonds. The zero-order chi connectivity index (χ0) is 15.5. The van der Waals surface area contributed by atoms with Gasteiger partial charge in [0.05, 0.1) is 6.21 Å². The van der Waals surface area contributed by atoms with Crippen LogP contribution in [-0.4, -0.2) is 12.1 Å². The first-order valence-electron chi connectivity index (χ1n) is 6.55. The second-order valence-corrected chi connectivity index (χ2v) is 6.45. The van der Waals surface area contributed by atoms with Gasteiger partial charge in [0.2, 0.25) is 0 Å². The number of carbonyl (C=O) groups excluding carboxylic acids is 1. The number of nitrogens with zero attached hydrogens (tertiary/aromatic N) is 1. The standard InChI is InChI=1S/C16H17BrN2O2/c1-16(2,3)12-6-4-11(5-7-12)15(20)19-18-10-13-8-9-14(17)21-13/h4-10H,1-3H3,(H,19,20)/b18-10-. The summed E-state index contributed by atoms with van der Waals surface area (Å²) in [6.45, 7) is 6.40. The number of halogens is 1. The van der Waals surface area contributed by atoms with E-state index in [4.69, 9.17) is 4.42 Å². The Bertz CT molecular complexity index is 652. The maximum Gasteiger partial charge on any atom is 0.271 e. The molecule has 1 aromatic carbocycles. The van der Waals surface area contributed by atoms with Crippen molar-refractivity contribution in [1.29, 1.82) is 0 Å². The van der Waals surface area contributed by atoms with Gasteiger partial charge >= 0.3 is 0 Å². The number of nitrogens with one attached hydrogen (secondary N) is 1. The molecule has 0 unspecified atom stereocenters. The van der Waals surface area contributed by atoms with Crippen molar-refractivity contribution in [2.45, 2.75) is 26.2 Å². The summed E-state index contributed by atoms with van der Waals surface area (Å²) < 4.78 is 5.86. The fraction of sp³-hybridized carbons (Fsp3) is 0.250. The average molecular weight is 349 g/mol. The number of hydrogen-bond donors (Lipinski definition) is 1. The van der Waals surface area contributed by atoms with Crippen molar-refractivity contribution in [2.75, 3.05) is 0 Å². The van der Waals surface area contributed by atoms with Crippen LogP contribution < -0.4 is 5.43 Å². The predicted molar refractivity (Wildman–Crippen MR) is 86.6 cm³/mol. The minimum Gasteiger partial charge on any atom is -0.448 e. The van der Waals surface area contributed by atoms with Gasteiger partial charge in [0.25, 0.3) is 5.91 Å². The second-order valence-electron chi connectivity index (χ2n) is 5.67. The normalized spacial score (nSPS) is 11.8. The number of furan rings is 1. The van der Waals surface area contributed by atoms with E-state index in [2.05, 4.69) is 47.2 Å². The van der Waals surface area contributed by atoms with Gasteiger partial charge in [-0.2, -0.15) is 5.10 Å². The minimum atomic E-state index is -0.252. The van der Waals surface area contributed by atoms with Gasteiger partial charge in [-0.3, -0.25) is 4.79 Å². The lowest BCUT2D eigenvalue weighted by Gasteiger charge is -2.18. The molecule has 0 aliphatic carbocycles. The molecule has 0 radical (unpaired) electrons. The molecule has 21 heavy (non-hydrogen) atoms. The first-order valence-corrected chi connectivity index (χ1v) is 7.35. The molecule has 0 spiro atoms. The van der Waals surface area contributed by atoms with Crippen molar-refractivity contribution in [3.05, 3.63) is 58.0 Å². The zero-order valence-electron chi connectivity index (χ0n) is 12.2. The van der Waals surface area contributed by atoms with Crippen LogP contribution in [-0.2, 0) is 5.41 Å². The number of hydrogen-bond acceptors (Lipinski definition) is 3. The highest BCUT2D eigenvalue weighted by Gasteiger charge is 2.14. The molecule has 1 heterocycles. The Morgan fingerprint density at radius 1 is 1.19 bits per heavy atom. The van der Waals surface area contributed by atoms with E-state index >= 15 is 0 Å². The van der Waals surface area contributed by atoms with Crippen molar-refractivity contribution in [1.82, 2.24) is 5.43 Å². The summed E-state index contributed by atoms with van der Waals surface area (Å²) in [5.74, 6) is 0.308. The molecule has 0 saturated heterocycles. The summed E-state index contributed by atoms with van der Waals surface area (Å²) >= 11 is 3.20. The van der Waals surface area contributed by atoms with Crippen molar-refractivity contribution >= 4 is 28.1 Å². The molecular formula is C16H17BrN2O2. The molecule has 5 heteroatoms. The SMILES string of the molecule is CC(C)(C)c1ccc(C(=O)N/N=C\c2ccc(Br)o2)cc1. The lowest BCUT2D eigenvalue weighted by atomic mass is 9.87. The molecule has 110 valence electrons. The Balaban J connectivity index is 1.99. The highest BCUT2D eigenvalue weighted by atomic mass is 79.9. The summed E-state index contributed by atoms with van der Waals surface area (Å²) in [6, 6.07) is 11.0. The first kappa shape index (κ1) is 15.5. The van der Waals surface area contributed by atoms with Crippen molar-refractivity contribution in [3.8, 4) is 0 Å². The number of carbonyl (C=O) groups is 1. The number of hydrazone groups is 1. The topological polar surface area (TPSA) is 54.6 Å². The number of benzene rings is 1. The van der Waals surface area contributed by atoms with E-state index < -0.39 is 0 Å². The van der Waals surface area contributed by atoms with E-state index in [-0.39, 0.29) is 11.3 Å². The molecule has 0 fully saturated rings. The van der Waals surface area contributed by atoms with Gasteiger partial charge in [0.1, 0.15) is 5.76 Å². The molecule has 0 bridgehead atoms. The van der Waals surface area contributed by atoms with Gasteiger partial charge in [0.15, 0.2) is 4.67 Å². The highest BCUT2D eigenvalue weighted by molar-refractivity contribution is 9.10. The lowest BCUT2D eigenvalue weighted by molar-refractivity contribution is 0.0955. The third-order valence-electron chi connectivity index (χ3n) is 2.96. The van der Waals surface area contributed by atoms with Crippen LogP contribution in [0.15, 0.2) is 50.6 Å². The molecule has 2 rings (SSSR count). The Kier molecular flexibility index (Phi) is 4.63. The molecular weight excluding hydrogens is 332 g/mol. The van der Waals surface area contributed by atoms with E-state index in [1.54, 1.807) is 24.3 Å². The fourth-order valence-corrected chi connectivity index (χ4v) is 2.06. The molecule has 1 aromatic heterocycles. The van der Waals surface area contributed by atoms with Gasteiger partial charge in [-0.05, 0) is 51.2 Å². The predicted octanol–water partition coefficient (Wildman–Crippen LogP) is 4.10. The van der Waals surface area contributed by atoms with E-state index in [1.807, 2.05) is 12.1 Å². The van der Waals surface area contributed by atoms with Crippen molar-refractivity contribution in [3.63, 3.8) is 0 Å². The second kappa shape index (κ2) is 6.26. The summed E-state index contributed by atoms with van der Waals surface area (Å²) in [7, 11) is 0. The highest BCUT2D eigenvalue weighted by Crippen LogP contribution is 2.22. The molecule has 2 aromatic rings.